The molecule has 90 valence electrons. The van der Waals surface area contributed by atoms with E-state index in [0.717, 1.165) is 18.5 Å². The van der Waals surface area contributed by atoms with Crippen molar-refractivity contribution >= 4 is 22.2 Å². The molecule has 1 fully saturated rings. The minimum absolute atomic E-state index is 0. The molecule has 1 N–H and O–H groups in total. The van der Waals surface area contributed by atoms with E-state index in [1.807, 2.05) is 0 Å². The number of pyridine rings is 1. The summed E-state index contributed by atoms with van der Waals surface area (Å²) in [5.41, 5.74) is 0.817. The second-order valence-corrected chi connectivity index (χ2v) is 6.06. The van der Waals surface area contributed by atoms with E-state index in [4.69, 9.17) is 0 Å². The Morgan fingerprint density at radius 2 is 2.06 bits per heavy atom. The van der Waals surface area contributed by atoms with Crippen LogP contribution in [0.15, 0.2) is 24.5 Å². The van der Waals surface area contributed by atoms with Gasteiger partial charge >= 0.3 is 0 Å². The summed E-state index contributed by atoms with van der Waals surface area (Å²) in [6.07, 6.45) is 3.98. The van der Waals surface area contributed by atoms with Crippen LogP contribution in [0.2, 0.25) is 0 Å². The van der Waals surface area contributed by atoms with E-state index < -0.39 is 9.84 Å². The first-order valence-corrected chi connectivity index (χ1v) is 6.71. The maximum atomic E-state index is 11.9. The number of aromatic nitrogens is 1. The molecule has 2 heterocycles. The molecule has 1 saturated heterocycles. The molecule has 1 aromatic heterocycles. The zero-order valence-electron chi connectivity index (χ0n) is 8.80. The van der Waals surface area contributed by atoms with Crippen molar-refractivity contribution in [1.82, 2.24) is 10.3 Å². The summed E-state index contributed by atoms with van der Waals surface area (Å²) in [5, 5.41) is 2.86. The van der Waals surface area contributed by atoms with Crippen LogP contribution in [0.5, 0.6) is 0 Å². The lowest BCUT2D eigenvalue weighted by Crippen LogP contribution is -2.25. The highest BCUT2D eigenvalue weighted by Crippen LogP contribution is 2.15. The van der Waals surface area contributed by atoms with Gasteiger partial charge in [-0.3, -0.25) is 4.98 Å². The highest BCUT2D eigenvalue weighted by Gasteiger charge is 2.28. The number of rotatable bonds is 3. The number of hydrogen-bond donors (Lipinski definition) is 1. The predicted octanol–water partition coefficient (Wildman–Crippen LogP) is 0.780. The summed E-state index contributed by atoms with van der Waals surface area (Å²) < 4.78 is 23.9. The van der Waals surface area contributed by atoms with E-state index in [0.29, 0.717) is 6.54 Å². The molecule has 16 heavy (non-hydrogen) atoms. The third-order valence-electron chi connectivity index (χ3n) is 2.64. The first-order chi connectivity index (χ1) is 7.18. The number of sulfone groups is 1. The minimum Gasteiger partial charge on any atom is -0.315 e. The standard InChI is InChI=1S/C10H14N2O2S.ClH/c13-15(14,10-3-6-12-7-10)8-9-1-4-11-5-2-9;/h1-2,4-5,10,12H,3,6-8H2;1H. The van der Waals surface area contributed by atoms with Crippen LogP contribution in [0.25, 0.3) is 0 Å². The summed E-state index contributed by atoms with van der Waals surface area (Å²) in [6.45, 7) is 1.40. The number of hydrogen-bond acceptors (Lipinski definition) is 4. The highest BCUT2D eigenvalue weighted by atomic mass is 35.5. The summed E-state index contributed by atoms with van der Waals surface area (Å²) in [6, 6.07) is 3.50. The Labute approximate surface area is 102 Å². The van der Waals surface area contributed by atoms with Crippen LogP contribution in [0.3, 0.4) is 0 Å². The van der Waals surface area contributed by atoms with E-state index >= 15 is 0 Å². The third kappa shape index (κ3) is 3.17. The van der Waals surface area contributed by atoms with Gasteiger partial charge in [0.2, 0.25) is 0 Å². The average Bonchev–Trinajstić information content (AvgIpc) is 2.71. The Morgan fingerprint density at radius 3 is 2.62 bits per heavy atom. The lowest BCUT2D eigenvalue weighted by Gasteiger charge is -2.09. The maximum absolute atomic E-state index is 11.9. The van der Waals surface area contributed by atoms with Gasteiger partial charge in [-0.15, -0.1) is 12.4 Å². The molecule has 0 amide bonds. The van der Waals surface area contributed by atoms with Crippen LogP contribution >= 0.6 is 12.4 Å². The van der Waals surface area contributed by atoms with Gasteiger partial charge < -0.3 is 5.32 Å². The molecule has 0 aromatic carbocycles. The summed E-state index contributed by atoms with van der Waals surface area (Å²) >= 11 is 0. The Bertz CT molecular complexity index is 416. The molecule has 4 nitrogen and oxygen atoms in total. The van der Waals surface area contributed by atoms with E-state index in [1.165, 1.54) is 0 Å². The van der Waals surface area contributed by atoms with Crippen LogP contribution in [0, 0.1) is 0 Å². The van der Waals surface area contributed by atoms with Gasteiger partial charge in [-0.05, 0) is 30.7 Å². The average molecular weight is 263 g/mol. The van der Waals surface area contributed by atoms with Crippen molar-refractivity contribution in [1.29, 1.82) is 0 Å². The van der Waals surface area contributed by atoms with E-state index in [2.05, 4.69) is 10.3 Å². The summed E-state index contributed by atoms with van der Waals surface area (Å²) in [4.78, 5) is 3.87. The van der Waals surface area contributed by atoms with Gasteiger partial charge in [0.15, 0.2) is 9.84 Å². The van der Waals surface area contributed by atoms with Crippen molar-refractivity contribution in [3.63, 3.8) is 0 Å². The molecule has 1 aliphatic heterocycles. The fourth-order valence-electron chi connectivity index (χ4n) is 1.76. The van der Waals surface area contributed by atoms with Crippen LogP contribution in [0.1, 0.15) is 12.0 Å². The Morgan fingerprint density at radius 1 is 1.38 bits per heavy atom. The van der Waals surface area contributed by atoms with Crippen LogP contribution in [-0.2, 0) is 15.6 Å². The predicted molar refractivity (Wildman–Crippen MR) is 65.4 cm³/mol. The van der Waals surface area contributed by atoms with Crippen molar-refractivity contribution in [3.8, 4) is 0 Å². The zero-order chi connectivity index (χ0) is 10.7. The van der Waals surface area contributed by atoms with Crippen LogP contribution < -0.4 is 5.32 Å². The van der Waals surface area contributed by atoms with E-state index in [1.54, 1.807) is 24.5 Å². The van der Waals surface area contributed by atoms with Gasteiger partial charge in [-0.25, -0.2) is 8.42 Å². The number of nitrogens with zero attached hydrogens (tertiary/aromatic N) is 1. The Hall–Kier alpha value is -0.650. The fourth-order valence-corrected chi connectivity index (χ4v) is 3.51. The maximum Gasteiger partial charge on any atom is 0.158 e. The monoisotopic (exact) mass is 262 g/mol. The molecule has 0 saturated carbocycles. The van der Waals surface area contributed by atoms with Crippen molar-refractivity contribution in [3.05, 3.63) is 30.1 Å². The molecule has 6 heteroatoms. The SMILES string of the molecule is Cl.O=S(=O)(Cc1ccncc1)C1CCNC1. The highest BCUT2D eigenvalue weighted by molar-refractivity contribution is 7.91. The van der Waals surface area contributed by atoms with Crippen molar-refractivity contribution in [2.24, 2.45) is 0 Å². The Kier molecular flexibility index (Phi) is 4.70. The fraction of sp³-hybridized carbons (Fsp3) is 0.500. The second-order valence-electron chi connectivity index (χ2n) is 3.78. The van der Waals surface area contributed by atoms with Crippen molar-refractivity contribution in [2.75, 3.05) is 13.1 Å². The topological polar surface area (TPSA) is 59.1 Å². The van der Waals surface area contributed by atoms with Crippen molar-refractivity contribution in [2.45, 2.75) is 17.4 Å². The van der Waals surface area contributed by atoms with Crippen LogP contribution in [0.4, 0.5) is 0 Å². The van der Waals surface area contributed by atoms with Gasteiger partial charge in [0.05, 0.1) is 11.0 Å². The van der Waals surface area contributed by atoms with Gasteiger partial charge in [0.1, 0.15) is 0 Å². The smallest absolute Gasteiger partial charge is 0.158 e. The lowest BCUT2D eigenvalue weighted by atomic mass is 10.3. The van der Waals surface area contributed by atoms with Gasteiger partial charge in [-0.2, -0.15) is 0 Å². The molecular weight excluding hydrogens is 248 g/mol. The molecule has 1 aromatic rings. The normalized spacial score (nSPS) is 20.4. The summed E-state index contributed by atoms with van der Waals surface area (Å²) in [5.74, 6) is 0.127. The molecule has 0 bridgehead atoms. The largest absolute Gasteiger partial charge is 0.315 e. The molecule has 2 rings (SSSR count). The molecule has 0 aliphatic carbocycles. The molecule has 0 spiro atoms. The number of nitrogens with one attached hydrogen (secondary N) is 1. The quantitative estimate of drug-likeness (QED) is 0.875. The van der Waals surface area contributed by atoms with Gasteiger partial charge in [-0.1, -0.05) is 0 Å². The zero-order valence-corrected chi connectivity index (χ0v) is 10.4. The van der Waals surface area contributed by atoms with Crippen molar-refractivity contribution < 1.29 is 8.42 Å². The lowest BCUT2D eigenvalue weighted by molar-refractivity contribution is 0.582. The van der Waals surface area contributed by atoms with E-state index in [9.17, 15) is 8.42 Å². The number of halogens is 1. The first-order valence-electron chi connectivity index (χ1n) is 5.00. The minimum atomic E-state index is -3.00. The molecule has 1 atom stereocenters. The van der Waals surface area contributed by atoms with Crippen LogP contribution in [-0.4, -0.2) is 31.7 Å². The molecule has 1 aliphatic rings. The first kappa shape index (κ1) is 13.4. The summed E-state index contributed by atoms with van der Waals surface area (Å²) in [7, 11) is -3.00. The Balaban J connectivity index is 0.00000128. The molecular formula is C10H15ClN2O2S. The van der Waals surface area contributed by atoms with Gasteiger partial charge in [0, 0.05) is 18.9 Å². The second kappa shape index (κ2) is 5.61. The third-order valence-corrected chi connectivity index (χ3v) is 4.79. The van der Waals surface area contributed by atoms with Gasteiger partial charge in [0.25, 0.3) is 0 Å². The molecule has 0 radical (unpaired) electrons. The van der Waals surface area contributed by atoms with E-state index in [-0.39, 0.29) is 23.4 Å². The molecule has 1 unspecified atom stereocenters.